The fourth-order valence-corrected chi connectivity index (χ4v) is 21.7. The van der Waals surface area contributed by atoms with E-state index >= 15 is 0 Å². The summed E-state index contributed by atoms with van der Waals surface area (Å²) in [6, 6.07) is 8.48. The van der Waals surface area contributed by atoms with Crippen molar-refractivity contribution in [3.05, 3.63) is 66.9 Å². The van der Waals surface area contributed by atoms with Gasteiger partial charge in [-0.25, -0.2) is 0 Å². The van der Waals surface area contributed by atoms with Crippen LogP contribution in [0.5, 0.6) is 0 Å². The van der Waals surface area contributed by atoms with Crippen molar-refractivity contribution in [2.45, 2.75) is 156 Å². The van der Waals surface area contributed by atoms with Gasteiger partial charge in [0.1, 0.15) is 0 Å². The second-order valence-corrected chi connectivity index (χ2v) is 37.0. The van der Waals surface area contributed by atoms with Gasteiger partial charge in [0.05, 0.1) is 0 Å². The minimum Gasteiger partial charge on any atom is -0.779 e. The minimum atomic E-state index is -1.11. The summed E-state index contributed by atoms with van der Waals surface area (Å²) in [4.78, 5) is 2.01. The van der Waals surface area contributed by atoms with Crippen molar-refractivity contribution >= 4 is 58.2 Å². The predicted octanol–water partition coefficient (Wildman–Crippen LogP) is 12.7. The van der Waals surface area contributed by atoms with Crippen molar-refractivity contribution in [1.29, 1.82) is 0 Å². The van der Waals surface area contributed by atoms with Gasteiger partial charge in [0, 0.05) is 26.4 Å². The second-order valence-electron chi connectivity index (χ2n) is 17.0. The van der Waals surface area contributed by atoms with E-state index in [1.165, 1.54) is 59.1 Å². The summed E-state index contributed by atoms with van der Waals surface area (Å²) in [5.41, 5.74) is 7.45. The summed E-state index contributed by atoms with van der Waals surface area (Å²) in [5, 5.41) is 0. The molecule has 0 N–H and O–H groups in total. The van der Waals surface area contributed by atoms with Crippen LogP contribution in [0.15, 0.2) is 34.1 Å². The Kier molecular flexibility index (Phi) is 32.2. The Bertz CT molecular complexity index is 997. The number of ether oxygens (including phenoxy) is 2. The van der Waals surface area contributed by atoms with E-state index in [4.69, 9.17) is 44.0 Å². The zero-order valence-electron chi connectivity index (χ0n) is 35.2. The quantitative estimate of drug-likeness (QED) is 0.227. The molecular weight excluding hydrogens is 805 g/mol. The first-order valence-electron chi connectivity index (χ1n) is 17.8. The minimum absolute atomic E-state index is 0. The van der Waals surface area contributed by atoms with E-state index in [1.54, 1.807) is 0 Å². The molecule has 4 nitrogen and oxygen atoms in total. The molecule has 12 heteroatoms. The van der Waals surface area contributed by atoms with Gasteiger partial charge >= 0.3 is 34.1 Å². The maximum Gasteiger partial charge on any atom is 2.00 e. The van der Waals surface area contributed by atoms with Crippen LogP contribution in [-0.4, -0.2) is 59.4 Å². The number of aryl methyl sites for hydroxylation is 6. The first kappa shape index (κ1) is 57.4. The van der Waals surface area contributed by atoms with Gasteiger partial charge in [-0.1, -0.05) is 169 Å². The van der Waals surface area contributed by atoms with E-state index in [0.29, 0.717) is 0 Å². The number of nitrogens with zero attached hydrogens (tertiary/aromatic N) is 2. The molecule has 292 valence electrons. The molecule has 0 aliphatic carbocycles. The summed E-state index contributed by atoms with van der Waals surface area (Å²) in [6.07, 6.45) is 5.11. The molecule has 4 rings (SSSR count). The van der Waals surface area contributed by atoms with Gasteiger partial charge in [-0.3, -0.25) is 0 Å². The molecule has 0 unspecified atom stereocenters. The molecule has 0 bridgehead atoms. The average molecular weight is 879 g/mol. The number of hydrogen-bond donors (Lipinski definition) is 0. The zero-order chi connectivity index (χ0) is 37.9. The van der Waals surface area contributed by atoms with Crippen molar-refractivity contribution in [3.8, 4) is 0 Å². The molecule has 2 aromatic carbocycles. The Morgan fingerprint density at radius 1 is 0.420 bits per heavy atom. The first-order chi connectivity index (χ1) is 21.6. The molecule has 0 spiro atoms. The Morgan fingerprint density at radius 3 is 0.700 bits per heavy atom. The normalized spacial score (nSPS) is 13.8. The van der Waals surface area contributed by atoms with E-state index in [-0.39, 0.29) is 34.1 Å². The van der Waals surface area contributed by atoms with Crippen LogP contribution in [0.3, 0.4) is 0 Å². The maximum absolute atomic E-state index is 5.15. The largest absolute Gasteiger partial charge is 2.00 e. The molecule has 0 saturated carbocycles. The third-order valence-electron chi connectivity index (χ3n) is 6.21. The van der Waals surface area contributed by atoms with Gasteiger partial charge in [0.2, 0.25) is 0 Å². The van der Waals surface area contributed by atoms with Crippen molar-refractivity contribution < 1.29 is 43.6 Å². The van der Waals surface area contributed by atoms with E-state index in [2.05, 4.69) is 144 Å². The Hall–Kier alpha value is 0.626. The molecule has 2 fully saturated rings. The summed E-state index contributed by atoms with van der Waals surface area (Å²) in [5.74, 6) is 0. The molecule has 2 saturated heterocycles. The zero-order valence-corrected chi connectivity index (χ0v) is 43.0. The van der Waals surface area contributed by atoms with E-state index in [9.17, 15) is 0 Å². The molecule has 0 amide bonds. The molecule has 2 aliphatic rings. The molecule has 0 radical (unpaired) electrons. The average Bonchev–Trinajstić information content (AvgIpc) is 3.62. The summed E-state index contributed by atoms with van der Waals surface area (Å²) < 4.78 is 19.5. The Balaban J connectivity index is -0.000000256. The SMILES string of the molecule is C1CCOC1.C1CCOC1.C[Si](C)(C)[N-][Si](C)(C)C.C[Si](C)(C)[N-][Si](C)(C)C.Cc1cc(C)c([S-])c(C)c1.Cc1cc(C)c([S-])c(C)c1.[Fe+2].[Fe+2]. The van der Waals surface area contributed by atoms with Crippen LogP contribution in [0, 0.1) is 41.5 Å². The number of hydrogen-bond acceptors (Lipinski definition) is 4. The standard InChI is InChI=1S/2C9H12S.2C6H18NSi2.2C4H8O.2Fe/c2*1-6-4-7(2)9(10)8(3)5-6;2*1-8(2,3)7-9(4,5)6;2*1-2-4-5-3-1;;/h2*4-5,10H,1-3H3;2*1-6H3;2*1-4H2;;/q;;2*-1;;;2*+2/p-2. The molecule has 0 atom stereocenters. The van der Waals surface area contributed by atoms with Gasteiger partial charge in [0.15, 0.2) is 0 Å². The molecule has 2 heterocycles. The molecule has 2 aliphatic heterocycles. The van der Waals surface area contributed by atoms with Crippen LogP contribution in [0.2, 0.25) is 78.6 Å². The second kappa shape index (κ2) is 28.1. The Morgan fingerprint density at radius 2 is 0.600 bits per heavy atom. The molecule has 50 heavy (non-hydrogen) atoms. The fraction of sp³-hybridized carbons (Fsp3) is 0.684. The summed E-state index contributed by atoms with van der Waals surface area (Å²) >= 11 is 10.3. The Labute approximate surface area is 348 Å². The third kappa shape index (κ3) is 37.0. The van der Waals surface area contributed by atoms with E-state index in [1.807, 2.05) is 0 Å². The van der Waals surface area contributed by atoms with Crippen LogP contribution in [0.1, 0.15) is 59.1 Å². The summed E-state index contributed by atoms with van der Waals surface area (Å²) in [7, 11) is -4.42. The fourth-order valence-electron chi connectivity index (χ4n) is 5.37. The molecule has 0 aromatic heterocycles. The van der Waals surface area contributed by atoms with Crippen LogP contribution < -0.4 is 0 Å². The predicted molar refractivity (Wildman–Crippen MR) is 233 cm³/mol. The first-order valence-corrected chi connectivity index (χ1v) is 32.4. The van der Waals surface area contributed by atoms with Gasteiger partial charge in [-0.15, -0.1) is 0 Å². The van der Waals surface area contributed by atoms with E-state index < -0.39 is 32.9 Å². The van der Waals surface area contributed by atoms with Crippen LogP contribution >= 0.6 is 0 Å². The van der Waals surface area contributed by atoms with Crippen molar-refractivity contribution in [3.63, 3.8) is 0 Å². The van der Waals surface area contributed by atoms with Gasteiger partial charge < -0.3 is 44.0 Å². The van der Waals surface area contributed by atoms with Crippen LogP contribution in [0.4, 0.5) is 0 Å². The monoisotopic (exact) mass is 878 g/mol. The van der Waals surface area contributed by atoms with E-state index in [0.717, 1.165) is 36.2 Å². The van der Waals surface area contributed by atoms with Crippen molar-refractivity contribution in [2.75, 3.05) is 26.4 Å². The van der Waals surface area contributed by atoms with Gasteiger partial charge in [0.25, 0.3) is 0 Å². The smallest absolute Gasteiger partial charge is 0.779 e. The van der Waals surface area contributed by atoms with Gasteiger partial charge in [-0.2, -0.15) is 9.79 Å². The maximum atomic E-state index is 5.15. The van der Waals surface area contributed by atoms with Crippen molar-refractivity contribution in [1.82, 2.24) is 0 Å². The number of rotatable bonds is 4. The van der Waals surface area contributed by atoms with Crippen LogP contribution in [-0.2, 0) is 68.9 Å². The molecule has 2 aromatic rings. The third-order valence-corrected chi connectivity index (χ3v) is 18.2. The number of benzene rings is 2. The van der Waals surface area contributed by atoms with Crippen molar-refractivity contribution in [2.24, 2.45) is 0 Å². The van der Waals surface area contributed by atoms with Crippen LogP contribution in [0.25, 0.3) is 9.30 Å². The summed E-state index contributed by atoms with van der Waals surface area (Å²) in [6.45, 7) is 44.0. The molecular formula is C38H74Fe2N2O2S2Si4. The topological polar surface area (TPSA) is 46.7 Å². The van der Waals surface area contributed by atoms with Gasteiger partial charge in [-0.05, 0) is 67.2 Å².